The summed E-state index contributed by atoms with van der Waals surface area (Å²) >= 11 is 0. The third-order valence-corrected chi connectivity index (χ3v) is 0.885. The average Bonchev–Trinajstić information content (AvgIpc) is 1.69. The van der Waals surface area contributed by atoms with Gasteiger partial charge >= 0.3 is 19.5 Å². The van der Waals surface area contributed by atoms with Gasteiger partial charge in [0.05, 0.1) is 0 Å². The molecule has 0 heterocycles. The molecule has 0 aliphatic heterocycles. The maximum Gasteiger partial charge on any atom is 2.00 e. The van der Waals surface area contributed by atoms with Gasteiger partial charge in [-0.1, -0.05) is 6.92 Å². The Morgan fingerprint density at radius 1 is 1.25 bits per heavy atom. The smallest absolute Gasteiger partial charge is 0.184 e. The van der Waals surface area contributed by atoms with Crippen LogP contribution in [0.2, 0.25) is 0 Å². The summed E-state index contributed by atoms with van der Waals surface area (Å²) in [4.78, 5) is 0. The Balaban J connectivity index is 0.000000490. The van der Waals surface area contributed by atoms with Gasteiger partial charge in [-0.2, -0.15) is 35.9 Å². The van der Waals surface area contributed by atoms with E-state index < -0.39 is 0 Å². The fourth-order valence-corrected chi connectivity index (χ4v) is 0.470. The van der Waals surface area contributed by atoms with Gasteiger partial charge in [-0.05, 0) is 0 Å². The second-order valence-electron chi connectivity index (χ2n) is 1.58. The molecule has 0 fully saturated rings. The summed E-state index contributed by atoms with van der Waals surface area (Å²) in [5, 5.41) is 0. The van der Waals surface area contributed by atoms with Crippen molar-refractivity contribution in [3.05, 3.63) is 35.9 Å². The van der Waals surface area contributed by atoms with E-state index in [1.54, 1.807) is 0 Å². The molecule has 0 bridgehead atoms. The molecule has 1 rings (SSSR count). The predicted octanol–water partition coefficient (Wildman–Crippen LogP) is 1.79. The van der Waals surface area contributed by atoms with E-state index in [9.17, 15) is 0 Å². The fraction of sp³-hybridized carbons (Fsp3) is 0.143. The Labute approximate surface area is 62.7 Å². The van der Waals surface area contributed by atoms with Crippen molar-refractivity contribution in [2.75, 3.05) is 0 Å². The monoisotopic (exact) mass is 155 g/mol. The minimum Gasteiger partial charge on any atom is -0.184 e. The second kappa shape index (κ2) is 3.80. The van der Waals surface area contributed by atoms with Gasteiger partial charge in [0.15, 0.2) is 0 Å². The number of hydrogen-bond donors (Lipinski definition) is 0. The van der Waals surface area contributed by atoms with Crippen molar-refractivity contribution in [2.24, 2.45) is 0 Å². The van der Waals surface area contributed by atoms with Crippen LogP contribution >= 0.6 is 0 Å². The first-order valence-electron chi connectivity index (χ1n) is 2.32. The molecule has 1 aromatic carbocycles. The molecule has 1 heteroatoms. The van der Waals surface area contributed by atoms with Gasteiger partial charge in [-0.15, -0.1) is 0 Å². The van der Waals surface area contributed by atoms with E-state index in [4.69, 9.17) is 0 Å². The number of hydrogen-bond acceptors (Lipinski definition) is 0. The first-order valence-corrected chi connectivity index (χ1v) is 2.32. The Morgan fingerprint density at radius 2 is 1.75 bits per heavy atom. The molecule has 0 saturated heterocycles. The molecule has 0 spiro atoms. The van der Waals surface area contributed by atoms with Crippen LogP contribution in [0.15, 0.2) is 24.3 Å². The van der Waals surface area contributed by atoms with Gasteiger partial charge in [-0.25, -0.2) is 0 Å². The summed E-state index contributed by atoms with van der Waals surface area (Å²) in [6.07, 6.45) is 0. The molecule has 0 unspecified atom stereocenters. The van der Waals surface area contributed by atoms with Crippen LogP contribution in [0.25, 0.3) is 0 Å². The molecule has 0 radical (unpaired) electrons. The predicted molar refractivity (Wildman–Crippen MR) is 30.0 cm³/mol. The van der Waals surface area contributed by atoms with Gasteiger partial charge in [0.25, 0.3) is 0 Å². The molecule has 0 aliphatic carbocycles. The molecule has 8 heavy (non-hydrogen) atoms. The zero-order valence-electron chi connectivity index (χ0n) is 5.02. The van der Waals surface area contributed by atoms with Crippen molar-refractivity contribution in [2.45, 2.75) is 6.92 Å². The van der Waals surface area contributed by atoms with Gasteiger partial charge in [0, 0.05) is 0 Å². The third kappa shape index (κ3) is 2.23. The Kier molecular flexibility index (Phi) is 3.72. The topological polar surface area (TPSA) is 0 Å². The molecule has 0 atom stereocenters. The van der Waals surface area contributed by atoms with Crippen molar-refractivity contribution in [3.8, 4) is 0 Å². The summed E-state index contributed by atoms with van der Waals surface area (Å²) in [6.45, 7) is 2.06. The van der Waals surface area contributed by atoms with Crippen LogP contribution < -0.4 is 0 Å². The Morgan fingerprint density at radius 3 is 2.00 bits per heavy atom. The normalized spacial score (nSPS) is 7.62. The standard InChI is InChI=1S/C7H7.Zn/c1-7-5-3-2-4-6-7;/h3-6H,1H3;/q-1;+2. The number of rotatable bonds is 0. The van der Waals surface area contributed by atoms with Crippen molar-refractivity contribution in [1.82, 2.24) is 0 Å². The summed E-state index contributed by atoms with van der Waals surface area (Å²) in [5.41, 5.74) is 1.29. The van der Waals surface area contributed by atoms with Crippen LogP contribution in [0.3, 0.4) is 0 Å². The molecular weight excluding hydrogens is 149 g/mol. The van der Waals surface area contributed by atoms with Crippen LogP contribution in [-0.4, -0.2) is 0 Å². The van der Waals surface area contributed by atoms with Gasteiger partial charge in [-0.3, -0.25) is 0 Å². The minimum absolute atomic E-state index is 0. The van der Waals surface area contributed by atoms with E-state index in [1.807, 2.05) is 24.3 Å². The van der Waals surface area contributed by atoms with E-state index in [-0.39, 0.29) is 19.5 Å². The molecular formula is C7H7Zn+. The molecule has 36 valence electrons. The maximum atomic E-state index is 2.93. The fourth-order valence-electron chi connectivity index (χ4n) is 0.470. The summed E-state index contributed by atoms with van der Waals surface area (Å²) in [5.74, 6) is 0. The van der Waals surface area contributed by atoms with E-state index in [0.29, 0.717) is 0 Å². The molecule has 0 aromatic heterocycles. The van der Waals surface area contributed by atoms with Crippen LogP contribution in [0.4, 0.5) is 0 Å². The van der Waals surface area contributed by atoms with Crippen molar-refractivity contribution in [1.29, 1.82) is 0 Å². The SMILES string of the molecule is Cc1cc[c-]cc1.[Zn+2]. The molecule has 0 N–H and O–H groups in total. The van der Waals surface area contributed by atoms with E-state index in [2.05, 4.69) is 13.0 Å². The Hall–Kier alpha value is -0.157. The first kappa shape index (κ1) is 7.84. The van der Waals surface area contributed by atoms with Crippen molar-refractivity contribution >= 4 is 0 Å². The zero-order valence-corrected chi connectivity index (χ0v) is 7.98. The summed E-state index contributed by atoms with van der Waals surface area (Å²) in [6, 6.07) is 10.8. The van der Waals surface area contributed by atoms with Gasteiger partial charge in [0.1, 0.15) is 0 Å². The number of benzene rings is 1. The van der Waals surface area contributed by atoms with E-state index in [1.165, 1.54) is 5.56 Å². The second-order valence-corrected chi connectivity index (χ2v) is 1.58. The van der Waals surface area contributed by atoms with Crippen molar-refractivity contribution in [3.63, 3.8) is 0 Å². The van der Waals surface area contributed by atoms with Crippen LogP contribution in [0.1, 0.15) is 5.56 Å². The average molecular weight is 157 g/mol. The Bertz CT molecular complexity index is 134. The molecule has 0 saturated carbocycles. The maximum absolute atomic E-state index is 2.93. The van der Waals surface area contributed by atoms with Gasteiger partial charge < -0.3 is 0 Å². The largest absolute Gasteiger partial charge is 2.00 e. The molecule has 0 amide bonds. The molecule has 0 nitrogen and oxygen atoms in total. The first-order chi connectivity index (χ1) is 3.39. The zero-order chi connectivity index (χ0) is 5.11. The van der Waals surface area contributed by atoms with Crippen LogP contribution in [0.5, 0.6) is 0 Å². The molecule has 0 aliphatic rings. The number of aryl methyl sites for hydroxylation is 1. The summed E-state index contributed by atoms with van der Waals surface area (Å²) < 4.78 is 0. The quantitative estimate of drug-likeness (QED) is 0.397. The van der Waals surface area contributed by atoms with Crippen molar-refractivity contribution < 1.29 is 19.5 Å². The van der Waals surface area contributed by atoms with Crippen LogP contribution in [0, 0.1) is 13.0 Å². The minimum atomic E-state index is 0. The molecule has 1 aromatic rings. The summed E-state index contributed by atoms with van der Waals surface area (Å²) in [7, 11) is 0. The van der Waals surface area contributed by atoms with E-state index in [0.717, 1.165) is 0 Å². The third-order valence-electron chi connectivity index (χ3n) is 0.885. The van der Waals surface area contributed by atoms with Gasteiger partial charge in [0.2, 0.25) is 0 Å². The van der Waals surface area contributed by atoms with Crippen LogP contribution in [-0.2, 0) is 19.5 Å². The van der Waals surface area contributed by atoms with E-state index >= 15 is 0 Å².